The highest BCUT2D eigenvalue weighted by Gasteiger charge is 2.17. The number of aryl methyl sites for hydroxylation is 1. The first-order valence-corrected chi connectivity index (χ1v) is 7.45. The molecule has 0 fully saturated rings. The van der Waals surface area contributed by atoms with E-state index in [0.29, 0.717) is 34.0 Å². The predicted octanol–water partition coefficient (Wildman–Crippen LogP) is 3.92. The Kier molecular flexibility index (Phi) is 4.47. The van der Waals surface area contributed by atoms with Gasteiger partial charge in [-0.3, -0.25) is 9.89 Å². The lowest BCUT2D eigenvalue weighted by Gasteiger charge is -2.08. The molecule has 7 heteroatoms. The molecule has 0 aliphatic carbocycles. The molecule has 0 saturated heterocycles. The van der Waals surface area contributed by atoms with Gasteiger partial charge in [0.05, 0.1) is 18.5 Å². The molecular formula is C18H15F2N3O2. The van der Waals surface area contributed by atoms with Crippen molar-refractivity contribution in [2.45, 2.75) is 6.92 Å². The molecule has 128 valence electrons. The number of H-pyrrole nitrogens is 1. The zero-order chi connectivity index (χ0) is 18.0. The molecule has 0 saturated carbocycles. The van der Waals surface area contributed by atoms with Gasteiger partial charge in [-0.25, -0.2) is 8.78 Å². The van der Waals surface area contributed by atoms with E-state index >= 15 is 0 Å². The SMILES string of the molecule is COc1ccc(C(=O)Nc2c(-c3ccc(F)c(F)c3)n[nH]c2C)cc1. The van der Waals surface area contributed by atoms with Gasteiger partial charge >= 0.3 is 0 Å². The summed E-state index contributed by atoms with van der Waals surface area (Å²) in [6.45, 7) is 1.72. The topological polar surface area (TPSA) is 67.0 Å². The summed E-state index contributed by atoms with van der Waals surface area (Å²) in [5, 5.41) is 9.58. The third kappa shape index (κ3) is 3.35. The van der Waals surface area contributed by atoms with Crippen molar-refractivity contribution in [3.8, 4) is 17.0 Å². The first-order valence-electron chi connectivity index (χ1n) is 7.45. The molecule has 0 radical (unpaired) electrons. The second kappa shape index (κ2) is 6.72. The monoisotopic (exact) mass is 343 g/mol. The summed E-state index contributed by atoms with van der Waals surface area (Å²) in [6.07, 6.45) is 0. The van der Waals surface area contributed by atoms with Crippen LogP contribution in [-0.4, -0.2) is 23.2 Å². The molecule has 1 amide bonds. The standard InChI is InChI=1S/C18H15F2N3O2/c1-10-16(21-18(24)11-3-6-13(25-2)7-4-11)17(23-22-10)12-5-8-14(19)15(20)9-12/h3-9H,1-2H3,(H,21,24)(H,22,23). The number of benzene rings is 2. The van der Waals surface area contributed by atoms with Crippen molar-refractivity contribution >= 4 is 11.6 Å². The number of aromatic amines is 1. The predicted molar refractivity (Wildman–Crippen MR) is 89.6 cm³/mol. The van der Waals surface area contributed by atoms with Crippen LogP contribution in [0.1, 0.15) is 16.1 Å². The summed E-state index contributed by atoms with van der Waals surface area (Å²) in [7, 11) is 1.54. The van der Waals surface area contributed by atoms with E-state index in [0.717, 1.165) is 12.1 Å². The number of methoxy groups -OCH3 is 1. The van der Waals surface area contributed by atoms with Gasteiger partial charge in [0.2, 0.25) is 0 Å². The van der Waals surface area contributed by atoms with Crippen LogP contribution < -0.4 is 10.1 Å². The van der Waals surface area contributed by atoms with Gasteiger partial charge in [0.1, 0.15) is 11.4 Å². The molecule has 2 N–H and O–H groups in total. The number of halogens is 2. The highest BCUT2D eigenvalue weighted by molar-refractivity contribution is 6.06. The van der Waals surface area contributed by atoms with Crippen molar-refractivity contribution < 1.29 is 18.3 Å². The lowest BCUT2D eigenvalue weighted by atomic mass is 10.1. The van der Waals surface area contributed by atoms with Gasteiger partial charge in [-0.2, -0.15) is 5.10 Å². The van der Waals surface area contributed by atoms with Crippen LogP contribution in [0.2, 0.25) is 0 Å². The molecule has 5 nitrogen and oxygen atoms in total. The third-order valence-corrected chi connectivity index (χ3v) is 3.73. The number of nitrogens with zero attached hydrogens (tertiary/aromatic N) is 1. The van der Waals surface area contributed by atoms with Crippen LogP contribution in [0.4, 0.5) is 14.5 Å². The molecule has 2 aromatic carbocycles. The zero-order valence-electron chi connectivity index (χ0n) is 13.6. The van der Waals surface area contributed by atoms with Crippen molar-refractivity contribution in [3.05, 3.63) is 65.4 Å². The minimum Gasteiger partial charge on any atom is -0.497 e. The lowest BCUT2D eigenvalue weighted by Crippen LogP contribution is -2.12. The number of carbonyl (C=O) groups excluding carboxylic acids is 1. The van der Waals surface area contributed by atoms with E-state index in [2.05, 4.69) is 15.5 Å². The van der Waals surface area contributed by atoms with Crippen LogP contribution in [0.5, 0.6) is 5.75 Å². The highest BCUT2D eigenvalue weighted by Crippen LogP contribution is 2.30. The van der Waals surface area contributed by atoms with Crippen LogP contribution in [0, 0.1) is 18.6 Å². The van der Waals surface area contributed by atoms with Gasteiger partial charge in [-0.05, 0) is 49.4 Å². The highest BCUT2D eigenvalue weighted by atomic mass is 19.2. The Hall–Kier alpha value is -3.22. The fourth-order valence-electron chi connectivity index (χ4n) is 2.36. The van der Waals surface area contributed by atoms with Crippen LogP contribution in [-0.2, 0) is 0 Å². The Labute approximate surface area is 142 Å². The van der Waals surface area contributed by atoms with Crippen LogP contribution in [0.25, 0.3) is 11.3 Å². The number of hydrogen-bond acceptors (Lipinski definition) is 3. The molecule has 0 spiro atoms. The maximum Gasteiger partial charge on any atom is 0.255 e. The Bertz CT molecular complexity index is 921. The average molecular weight is 343 g/mol. The molecule has 1 aromatic heterocycles. The van der Waals surface area contributed by atoms with Crippen molar-refractivity contribution in [1.82, 2.24) is 10.2 Å². The fraction of sp³-hybridized carbons (Fsp3) is 0.111. The fourth-order valence-corrected chi connectivity index (χ4v) is 2.36. The van der Waals surface area contributed by atoms with E-state index in [1.807, 2.05) is 0 Å². The van der Waals surface area contributed by atoms with Gasteiger partial charge in [-0.1, -0.05) is 0 Å². The average Bonchev–Trinajstić information content (AvgIpc) is 2.98. The first-order chi connectivity index (χ1) is 12.0. The number of hydrogen-bond donors (Lipinski definition) is 2. The zero-order valence-corrected chi connectivity index (χ0v) is 13.6. The van der Waals surface area contributed by atoms with Crippen molar-refractivity contribution in [1.29, 1.82) is 0 Å². The van der Waals surface area contributed by atoms with E-state index < -0.39 is 11.6 Å². The molecule has 0 aliphatic heterocycles. The van der Waals surface area contributed by atoms with Gasteiger partial charge in [-0.15, -0.1) is 0 Å². The molecular weight excluding hydrogens is 328 g/mol. The normalized spacial score (nSPS) is 10.6. The Morgan fingerprint density at radius 2 is 1.84 bits per heavy atom. The van der Waals surface area contributed by atoms with Crippen molar-refractivity contribution in [2.24, 2.45) is 0 Å². The molecule has 3 rings (SSSR count). The molecule has 25 heavy (non-hydrogen) atoms. The number of amides is 1. The molecule has 0 atom stereocenters. The smallest absolute Gasteiger partial charge is 0.255 e. The Morgan fingerprint density at radius 3 is 2.48 bits per heavy atom. The van der Waals surface area contributed by atoms with E-state index in [9.17, 15) is 13.6 Å². The maximum absolute atomic E-state index is 13.5. The quantitative estimate of drug-likeness (QED) is 0.754. The van der Waals surface area contributed by atoms with Gasteiger partial charge in [0.25, 0.3) is 5.91 Å². The maximum atomic E-state index is 13.5. The molecule has 3 aromatic rings. The molecule has 0 aliphatic rings. The van der Waals surface area contributed by atoms with E-state index in [1.165, 1.54) is 13.2 Å². The number of aromatic nitrogens is 2. The number of anilines is 1. The third-order valence-electron chi connectivity index (χ3n) is 3.73. The van der Waals surface area contributed by atoms with Crippen molar-refractivity contribution in [3.63, 3.8) is 0 Å². The number of carbonyl (C=O) groups is 1. The second-order valence-corrected chi connectivity index (χ2v) is 5.38. The molecule has 1 heterocycles. The van der Waals surface area contributed by atoms with Crippen molar-refractivity contribution in [2.75, 3.05) is 12.4 Å². The van der Waals surface area contributed by atoms with Crippen LogP contribution in [0.3, 0.4) is 0 Å². The van der Waals surface area contributed by atoms with Gasteiger partial charge in [0.15, 0.2) is 11.6 Å². The minimum absolute atomic E-state index is 0.332. The van der Waals surface area contributed by atoms with Gasteiger partial charge < -0.3 is 10.1 Å². The summed E-state index contributed by atoms with van der Waals surface area (Å²) >= 11 is 0. The summed E-state index contributed by atoms with van der Waals surface area (Å²) in [4.78, 5) is 12.4. The summed E-state index contributed by atoms with van der Waals surface area (Å²) in [6, 6.07) is 10.1. The lowest BCUT2D eigenvalue weighted by molar-refractivity contribution is 0.102. The number of ether oxygens (including phenoxy) is 1. The first kappa shape index (κ1) is 16.6. The molecule has 0 unspecified atom stereocenters. The second-order valence-electron chi connectivity index (χ2n) is 5.38. The number of rotatable bonds is 4. The van der Waals surface area contributed by atoms with Gasteiger partial charge in [0, 0.05) is 11.1 Å². The Morgan fingerprint density at radius 1 is 1.12 bits per heavy atom. The largest absolute Gasteiger partial charge is 0.497 e. The van der Waals surface area contributed by atoms with E-state index in [1.54, 1.807) is 31.2 Å². The van der Waals surface area contributed by atoms with Crippen LogP contribution in [0.15, 0.2) is 42.5 Å². The van der Waals surface area contributed by atoms with E-state index in [4.69, 9.17) is 4.74 Å². The van der Waals surface area contributed by atoms with E-state index in [-0.39, 0.29) is 5.91 Å². The number of nitrogens with one attached hydrogen (secondary N) is 2. The minimum atomic E-state index is -0.981. The molecule has 0 bridgehead atoms. The summed E-state index contributed by atoms with van der Waals surface area (Å²) in [5.41, 5.74) is 2.12. The summed E-state index contributed by atoms with van der Waals surface area (Å²) in [5.74, 6) is -1.64. The van der Waals surface area contributed by atoms with Crippen LogP contribution >= 0.6 is 0 Å². The Balaban J connectivity index is 1.90. The summed E-state index contributed by atoms with van der Waals surface area (Å²) < 4.78 is 31.7.